The van der Waals surface area contributed by atoms with Crippen LogP contribution in [0, 0.1) is 6.92 Å². The number of carbonyl (C=O) groups excluding carboxylic acids is 1. The van der Waals surface area contributed by atoms with Crippen molar-refractivity contribution in [3.63, 3.8) is 0 Å². The van der Waals surface area contributed by atoms with Crippen molar-refractivity contribution >= 4 is 17.2 Å². The Morgan fingerprint density at radius 2 is 2.20 bits per heavy atom. The molecule has 0 saturated carbocycles. The number of nitrogens with zero attached hydrogens (tertiary/aromatic N) is 3. The number of ether oxygens (including phenoxy) is 1. The molecule has 6 nitrogen and oxygen atoms in total. The number of carbonyl (C=O) groups is 1. The van der Waals surface area contributed by atoms with Crippen molar-refractivity contribution < 1.29 is 14.1 Å². The molecular formula is C18H19N3O3S. The highest BCUT2D eigenvalue weighted by Gasteiger charge is 2.17. The van der Waals surface area contributed by atoms with Gasteiger partial charge >= 0.3 is 0 Å². The number of aryl methyl sites for hydroxylation is 1. The lowest BCUT2D eigenvalue weighted by atomic mass is 10.2. The minimum absolute atomic E-state index is 0.0246. The van der Waals surface area contributed by atoms with E-state index in [2.05, 4.69) is 10.1 Å². The third kappa shape index (κ3) is 4.45. The van der Waals surface area contributed by atoms with Gasteiger partial charge in [0, 0.05) is 6.54 Å². The summed E-state index contributed by atoms with van der Waals surface area (Å²) >= 11 is 1.54. The lowest BCUT2D eigenvalue weighted by Gasteiger charge is -2.19. The van der Waals surface area contributed by atoms with Crippen LogP contribution in [0.5, 0.6) is 5.75 Å². The molecule has 7 heteroatoms. The lowest BCUT2D eigenvalue weighted by Crippen LogP contribution is -2.34. The van der Waals surface area contributed by atoms with Crippen molar-refractivity contribution in [1.82, 2.24) is 15.0 Å². The first-order valence-corrected chi connectivity index (χ1v) is 8.87. The molecule has 0 spiro atoms. The maximum Gasteiger partial charge on any atom is 0.260 e. The van der Waals surface area contributed by atoms with Gasteiger partial charge in [-0.3, -0.25) is 4.79 Å². The molecule has 0 bridgehead atoms. The predicted molar refractivity (Wildman–Crippen MR) is 95.4 cm³/mol. The molecule has 1 aromatic carbocycles. The van der Waals surface area contributed by atoms with Gasteiger partial charge in [0.25, 0.3) is 5.91 Å². The van der Waals surface area contributed by atoms with Crippen LogP contribution in [-0.2, 0) is 11.3 Å². The Bertz CT molecular complexity index is 830. The Kier molecular flexibility index (Phi) is 5.45. The maximum atomic E-state index is 12.4. The van der Waals surface area contributed by atoms with E-state index in [0.29, 0.717) is 24.0 Å². The lowest BCUT2D eigenvalue weighted by molar-refractivity contribution is -0.134. The van der Waals surface area contributed by atoms with E-state index in [4.69, 9.17) is 9.26 Å². The fourth-order valence-corrected chi connectivity index (χ4v) is 2.96. The second kappa shape index (κ2) is 7.94. The van der Waals surface area contributed by atoms with Crippen LogP contribution < -0.4 is 4.74 Å². The number of hydrogen-bond donors (Lipinski definition) is 0. The van der Waals surface area contributed by atoms with E-state index in [1.807, 2.05) is 55.6 Å². The predicted octanol–water partition coefficient (Wildman–Crippen LogP) is 3.53. The monoisotopic (exact) mass is 357 g/mol. The molecular weight excluding hydrogens is 338 g/mol. The van der Waals surface area contributed by atoms with Crippen molar-refractivity contribution in [2.24, 2.45) is 0 Å². The molecule has 3 aromatic rings. The molecule has 130 valence electrons. The first-order chi connectivity index (χ1) is 12.2. The van der Waals surface area contributed by atoms with Crippen molar-refractivity contribution in [2.75, 3.05) is 13.2 Å². The molecule has 25 heavy (non-hydrogen) atoms. The van der Waals surface area contributed by atoms with Gasteiger partial charge in [-0.05, 0) is 43.0 Å². The van der Waals surface area contributed by atoms with Gasteiger partial charge in [-0.1, -0.05) is 23.4 Å². The average molecular weight is 357 g/mol. The molecule has 0 radical (unpaired) electrons. The van der Waals surface area contributed by atoms with Crippen LogP contribution in [0.3, 0.4) is 0 Å². The van der Waals surface area contributed by atoms with Crippen molar-refractivity contribution in [2.45, 2.75) is 20.4 Å². The zero-order valence-corrected chi connectivity index (χ0v) is 15.0. The highest BCUT2D eigenvalue weighted by molar-refractivity contribution is 7.13. The summed E-state index contributed by atoms with van der Waals surface area (Å²) in [7, 11) is 0. The third-order valence-corrected chi connectivity index (χ3v) is 4.49. The molecule has 0 atom stereocenters. The van der Waals surface area contributed by atoms with Gasteiger partial charge < -0.3 is 14.2 Å². The number of amides is 1. The van der Waals surface area contributed by atoms with Gasteiger partial charge in [-0.15, -0.1) is 11.3 Å². The fraction of sp³-hybridized carbons (Fsp3) is 0.278. The molecule has 0 saturated heterocycles. The number of hydrogen-bond acceptors (Lipinski definition) is 6. The van der Waals surface area contributed by atoms with Gasteiger partial charge in [0.05, 0.1) is 4.88 Å². The van der Waals surface area contributed by atoms with Crippen LogP contribution in [0.4, 0.5) is 0 Å². The SMILES string of the molecule is CCN(Cc1nc(-c2cccs2)no1)C(=O)COc1cccc(C)c1. The standard InChI is InChI=1S/C18H19N3O3S/c1-3-21(17(22)12-23-14-7-4-6-13(2)10-14)11-16-19-18(20-24-16)15-8-5-9-25-15/h4-10H,3,11-12H2,1-2H3. The normalized spacial score (nSPS) is 10.6. The molecule has 2 aromatic heterocycles. The number of aromatic nitrogens is 2. The minimum Gasteiger partial charge on any atom is -0.484 e. The second-order valence-corrected chi connectivity index (χ2v) is 6.45. The summed E-state index contributed by atoms with van der Waals surface area (Å²) in [6.07, 6.45) is 0. The maximum absolute atomic E-state index is 12.4. The average Bonchev–Trinajstić information content (AvgIpc) is 3.29. The summed E-state index contributed by atoms with van der Waals surface area (Å²) in [6, 6.07) is 11.5. The minimum atomic E-state index is -0.125. The van der Waals surface area contributed by atoms with Crippen LogP contribution in [0.25, 0.3) is 10.7 Å². The Morgan fingerprint density at radius 1 is 1.32 bits per heavy atom. The first-order valence-electron chi connectivity index (χ1n) is 7.99. The van der Waals surface area contributed by atoms with Crippen molar-refractivity contribution in [3.8, 4) is 16.5 Å². The molecule has 2 heterocycles. The van der Waals surface area contributed by atoms with Crippen LogP contribution in [0.15, 0.2) is 46.3 Å². The van der Waals surface area contributed by atoms with E-state index in [1.165, 1.54) is 0 Å². The molecule has 0 N–H and O–H groups in total. The van der Waals surface area contributed by atoms with E-state index in [-0.39, 0.29) is 19.1 Å². The summed E-state index contributed by atoms with van der Waals surface area (Å²) in [4.78, 5) is 19.3. The molecule has 3 rings (SSSR count). The molecule has 0 aliphatic carbocycles. The zero-order valence-electron chi connectivity index (χ0n) is 14.1. The summed E-state index contributed by atoms with van der Waals surface area (Å²) in [6.45, 7) is 4.66. The largest absolute Gasteiger partial charge is 0.484 e. The Morgan fingerprint density at radius 3 is 2.92 bits per heavy atom. The Labute approximate surface area is 150 Å². The van der Waals surface area contributed by atoms with Crippen molar-refractivity contribution in [1.29, 1.82) is 0 Å². The van der Waals surface area contributed by atoms with E-state index in [1.54, 1.807) is 16.2 Å². The number of benzene rings is 1. The topological polar surface area (TPSA) is 68.5 Å². The van der Waals surface area contributed by atoms with Crippen LogP contribution in [0.2, 0.25) is 0 Å². The summed E-state index contributed by atoms with van der Waals surface area (Å²) in [5.74, 6) is 1.51. The molecule has 0 fully saturated rings. The van der Waals surface area contributed by atoms with E-state index < -0.39 is 0 Å². The molecule has 0 aliphatic heterocycles. The Hall–Kier alpha value is -2.67. The van der Waals surface area contributed by atoms with Crippen LogP contribution in [-0.4, -0.2) is 34.1 Å². The summed E-state index contributed by atoms with van der Waals surface area (Å²) in [5.41, 5.74) is 1.09. The Balaban J connectivity index is 1.59. The van der Waals surface area contributed by atoms with Gasteiger partial charge in [0.15, 0.2) is 6.61 Å². The molecule has 0 aliphatic rings. The van der Waals surface area contributed by atoms with E-state index in [9.17, 15) is 4.79 Å². The first kappa shape index (κ1) is 17.2. The second-order valence-electron chi connectivity index (χ2n) is 5.50. The fourth-order valence-electron chi connectivity index (χ4n) is 2.31. The molecule has 0 unspecified atom stereocenters. The van der Waals surface area contributed by atoms with Gasteiger partial charge in [-0.2, -0.15) is 4.98 Å². The van der Waals surface area contributed by atoms with Crippen molar-refractivity contribution in [3.05, 3.63) is 53.2 Å². The van der Waals surface area contributed by atoms with E-state index in [0.717, 1.165) is 10.4 Å². The van der Waals surface area contributed by atoms with Gasteiger partial charge in [-0.25, -0.2) is 0 Å². The molecule has 1 amide bonds. The highest BCUT2D eigenvalue weighted by Crippen LogP contribution is 2.21. The summed E-state index contributed by atoms with van der Waals surface area (Å²) < 4.78 is 10.8. The number of thiophene rings is 1. The van der Waals surface area contributed by atoms with Gasteiger partial charge in [0.1, 0.15) is 12.3 Å². The summed E-state index contributed by atoms with van der Waals surface area (Å²) in [5, 5.41) is 5.92. The number of likely N-dealkylation sites (N-methyl/N-ethyl adjacent to an activating group) is 1. The van der Waals surface area contributed by atoms with Crippen LogP contribution >= 0.6 is 11.3 Å². The van der Waals surface area contributed by atoms with Crippen LogP contribution in [0.1, 0.15) is 18.4 Å². The number of rotatable bonds is 7. The smallest absolute Gasteiger partial charge is 0.260 e. The zero-order chi connectivity index (χ0) is 17.6. The quantitative estimate of drug-likeness (QED) is 0.647. The van der Waals surface area contributed by atoms with Gasteiger partial charge in [0.2, 0.25) is 11.7 Å². The third-order valence-electron chi connectivity index (χ3n) is 3.62. The van der Waals surface area contributed by atoms with E-state index >= 15 is 0 Å². The highest BCUT2D eigenvalue weighted by atomic mass is 32.1.